The fourth-order valence-corrected chi connectivity index (χ4v) is 4.55. The third-order valence-electron chi connectivity index (χ3n) is 6.17. The molecule has 3 N–H and O–H groups in total. The number of carboxylic acid groups (broad SMARTS) is 1. The quantitative estimate of drug-likeness (QED) is 0.449. The number of pyridine rings is 1. The van der Waals surface area contributed by atoms with E-state index in [2.05, 4.69) is 21.4 Å². The average molecular weight is 426 g/mol. The van der Waals surface area contributed by atoms with Gasteiger partial charge >= 0.3 is 5.97 Å². The van der Waals surface area contributed by atoms with Gasteiger partial charge in [0.25, 0.3) is 0 Å². The Labute approximate surface area is 180 Å². The molecule has 0 bridgehead atoms. The maximum Gasteiger partial charge on any atom is 0.303 e. The van der Waals surface area contributed by atoms with Crippen LogP contribution in [0.15, 0.2) is 36.5 Å². The third kappa shape index (κ3) is 4.88. The summed E-state index contributed by atoms with van der Waals surface area (Å²) in [5, 5.41) is 13.2. The fourth-order valence-electron chi connectivity index (χ4n) is 4.55. The molecule has 0 unspecified atom stereocenters. The Bertz CT molecular complexity index is 1060. The van der Waals surface area contributed by atoms with E-state index >= 15 is 0 Å². The number of rotatable bonds is 8. The van der Waals surface area contributed by atoms with Gasteiger partial charge in [-0.15, -0.1) is 0 Å². The van der Waals surface area contributed by atoms with Crippen molar-refractivity contribution < 1.29 is 19.0 Å². The number of fused-ring (bicyclic) bond motifs is 1. The van der Waals surface area contributed by atoms with Gasteiger partial charge in [-0.2, -0.15) is 0 Å². The summed E-state index contributed by atoms with van der Waals surface area (Å²) in [5.41, 5.74) is 3.58. The molecule has 1 aliphatic rings. The van der Waals surface area contributed by atoms with Crippen LogP contribution in [0.4, 0.5) is 4.39 Å². The number of methoxy groups -OCH3 is 1. The number of halogens is 1. The van der Waals surface area contributed by atoms with Crippen LogP contribution in [0.2, 0.25) is 0 Å². The molecule has 1 saturated carbocycles. The highest BCUT2D eigenvalue weighted by atomic mass is 19.1. The maximum atomic E-state index is 13.9. The predicted molar refractivity (Wildman–Crippen MR) is 118 cm³/mol. The molecule has 2 heterocycles. The van der Waals surface area contributed by atoms with E-state index in [1.807, 2.05) is 6.07 Å². The van der Waals surface area contributed by atoms with Gasteiger partial charge in [0.05, 0.1) is 7.11 Å². The number of ether oxygens (including phenoxy) is 1. The molecule has 0 saturated heterocycles. The molecule has 4 rings (SSSR count). The fraction of sp³-hybridized carbons (Fsp3) is 0.417. The lowest BCUT2D eigenvalue weighted by atomic mass is 9.84. The standard InChI is InChI=1S/C24H28FN3O3/c1-31-22-9-6-16(25)13-19(22)18-10-12-27-24-20(18)14-21(28-24)15-4-7-17(8-5-15)26-11-2-3-23(29)30/h6,9-10,12-15,17,26H,2-5,7-8,11H2,1H3,(H,27,28)(H,29,30)/t15-,17-. The monoisotopic (exact) mass is 425 g/mol. The van der Waals surface area contributed by atoms with Gasteiger partial charge in [0.2, 0.25) is 0 Å². The van der Waals surface area contributed by atoms with E-state index < -0.39 is 5.97 Å². The Morgan fingerprint density at radius 3 is 2.77 bits per heavy atom. The minimum atomic E-state index is -0.742. The molecule has 0 radical (unpaired) electrons. The van der Waals surface area contributed by atoms with Crippen molar-refractivity contribution in [2.24, 2.45) is 0 Å². The molecule has 0 atom stereocenters. The molecule has 0 aliphatic heterocycles. The zero-order valence-electron chi connectivity index (χ0n) is 17.7. The molecule has 1 aromatic carbocycles. The van der Waals surface area contributed by atoms with Crippen LogP contribution < -0.4 is 10.1 Å². The first kappa shape index (κ1) is 21.3. The van der Waals surface area contributed by atoms with E-state index in [0.29, 0.717) is 24.1 Å². The summed E-state index contributed by atoms with van der Waals surface area (Å²) in [5.74, 6) is 0.0125. The van der Waals surface area contributed by atoms with Crippen molar-refractivity contribution in [3.8, 4) is 16.9 Å². The van der Waals surface area contributed by atoms with Gasteiger partial charge in [0.15, 0.2) is 0 Å². The van der Waals surface area contributed by atoms with Crippen LogP contribution in [0.1, 0.15) is 50.1 Å². The number of nitrogens with zero attached hydrogens (tertiary/aromatic N) is 1. The average Bonchev–Trinajstić information content (AvgIpc) is 3.21. The topological polar surface area (TPSA) is 87.2 Å². The summed E-state index contributed by atoms with van der Waals surface area (Å²) in [6, 6.07) is 9.04. The van der Waals surface area contributed by atoms with Crippen molar-refractivity contribution in [2.75, 3.05) is 13.7 Å². The minimum absolute atomic E-state index is 0.211. The van der Waals surface area contributed by atoms with E-state index in [0.717, 1.165) is 60.1 Å². The lowest BCUT2D eigenvalue weighted by molar-refractivity contribution is -0.137. The van der Waals surface area contributed by atoms with Crippen LogP contribution in [0.3, 0.4) is 0 Å². The number of carboxylic acids is 1. The molecule has 31 heavy (non-hydrogen) atoms. The van der Waals surface area contributed by atoms with Crippen LogP contribution >= 0.6 is 0 Å². The van der Waals surface area contributed by atoms with Crippen molar-refractivity contribution in [2.45, 2.75) is 50.5 Å². The summed E-state index contributed by atoms with van der Waals surface area (Å²) in [4.78, 5) is 18.6. The number of aromatic amines is 1. The lowest BCUT2D eigenvalue weighted by Gasteiger charge is -2.28. The molecule has 0 amide bonds. The van der Waals surface area contributed by atoms with Crippen LogP contribution in [0.5, 0.6) is 5.75 Å². The largest absolute Gasteiger partial charge is 0.496 e. The zero-order valence-corrected chi connectivity index (χ0v) is 17.7. The van der Waals surface area contributed by atoms with Crippen molar-refractivity contribution in [1.82, 2.24) is 15.3 Å². The molecule has 164 valence electrons. The summed E-state index contributed by atoms with van der Waals surface area (Å²) < 4.78 is 19.4. The van der Waals surface area contributed by atoms with Crippen molar-refractivity contribution >= 4 is 17.0 Å². The predicted octanol–water partition coefficient (Wildman–Crippen LogP) is 4.86. The molecule has 3 aromatic rings. The summed E-state index contributed by atoms with van der Waals surface area (Å²) in [6.07, 6.45) is 6.85. The summed E-state index contributed by atoms with van der Waals surface area (Å²) in [6.45, 7) is 0.747. The highest BCUT2D eigenvalue weighted by Crippen LogP contribution is 2.38. The lowest BCUT2D eigenvalue weighted by Crippen LogP contribution is -2.33. The normalized spacial score (nSPS) is 18.9. The van der Waals surface area contributed by atoms with Gasteiger partial charge in [-0.1, -0.05) is 0 Å². The van der Waals surface area contributed by atoms with Crippen molar-refractivity contribution in [3.63, 3.8) is 0 Å². The number of benzene rings is 1. The smallest absolute Gasteiger partial charge is 0.303 e. The van der Waals surface area contributed by atoms with Gasteiger partial charge < -0.3 is 20.1 Å². The van der Waals surface area contributed by atoms with Crippen LogP contribution in [-0.4, -0.2) is 40.7 Å². The molecule has 2 aromatic heterocycles. The molecule has 1 fully saturated rings. The number of carbonyl (C=O) groups is 1. The summed E-state index contributed by atoms with van der Waals surface area (Å²) >= 11 is 0. The molecule has 7 heteroatoms. The Morgan fingerprint density at radius 1 is 1.23 bits per heavy atom. The van der Waals surface area contributed by atoms with Gasteiger partial charge in [-0.25, -0.2) is 9.37 Å². The first-order valence-electron chi connectivity index (χ1n) is 10.8. The Balaban J connectivity index is 1.48. The maximum absolute atomic E-state index is 13.9. The third-order valence-corrected chi connectivity index (χ3v) is 6.17. The molecular weight excluding hydrogens is 397 g/mol. The minimum Gasteiger partial charge on any atom is -0.496 e. The second kappa shape index (κ2) is 9.47. The SMILES string of the molecule is COc1ccc(F)cc1-c1ccnc2[nH]c([C@H]3CC[C@H](NCCCC(=O)O)CC3)cc12. The highest BCUT2D eigenvalue weighted by molar-refractivity contribution is 5.95. The number of aliphatic carboxylic acids is 1. The van der Waals surface area contributed by atoms with Crippen LogP contribution in [-0.2, 0) is 4.79 Å². The molecule has 1 aliphatic carbocycles. The Hall–Kier alpha value is -2.93. The molecule has 0 spiro atoms. The van der Waals surface area contributed by atoms with Crippen molar-refractivity contribution in [1.29, 1.82) is 0 Å². The van der Waals surface area contributed by atoms with Gasteiger partial charge in [-0.3, -0.25) is 4.79 Å². The number of aromatic nitrogens is 2. The highest BCUT2D eigenvalue weighted by Gasteiger charge is 2.24. The van der Waals surface area contributed by atoms with E-state index in [9.17, 15) is 9.18 Å². The van der Waals surface area contributed by atoms with Crippen molar-refractivity contribution in [3.05, 3.63) is 48.0 Å². The van der Waals surface area contributed by atoms with Gasteiger partial charge in [0, 0.05) is 35.3 Å². The number of nitrogens with one attached hydrogen (secondary N) is 2. The van der Waals surface area contributed by atoms with E-state index in [1.165, 1.54) is 12.1 Å². The number of hydrogen-bond acceptors (Lipinski definition) is 4. The Kier molecular flexibility index (Phi) is 6.51. The first-order valence-corrected chi connectivity index (χ1v) is 10.8. The van der Waals surface area contributed by atoms with Crippen LogP contribution in [0, 0.1) is 5.82 Å². The van der Waals surface area contributed by atoms with E-state index in [4.69, 9.17) is 9.84 Å². The van der Waals surface area contributed by atoms with Crippen LogP contribution in [0.25, 0.3) is 22.2 Å². The second-order valence-corrected chi connectivity index (χ2v) is 8.19. The molecular formula is C24H28FN3O3. The summed E-state index contributed by atoms with van der Waals surface area (Å²) in [7, 11) is 1.59. The van der Waals surface area contributed by atoms with Gasteiger partial charge in [0.1, 0.15) is 17.2 Å². The second-order valence-electron chi connectivity index (χ2n) is 8.19. The zero-order chi connectivity index (χ0) is 21.8. The number of H-pyrrole nitrogens is 1. The van der Waals surface area contributed by atoms with Gasteiger partial charge in [-0.05, 0) is 80.5 Å². The van der Waals surface area contributed by atoms with E-state index in [1.54, 1.807) is 19.4 Å². The first-order chi connectivity index (χ1) is 15.0. The van der Waals surface area contributed by atoms with E-state index in [-0.39, 0.29) is 12.2 Å². The Morgan fingerprint density at radius 2 is 2.03 bits per heavy atom. The number of hydrogen-bond donors (Lipinski definition) is 3. The molecule has 6 nitrogen and oxygen atoms in total.